The maximum Gasteiger partial charge on any atom is 0.191 e. The molecule has 22 heavy (non-hydrogen) atoms. The Labute approximate surface area is 150 Å². The summed E-state index contributed by atoms with van der Waals surface area (Å²) in [6, 6.07) is 11.4. The summed E-state index contributed by atoms with van der Waals surface area (Å²) in [6.45, 7) is 0.969. The fourth-order valence-electron chi connectivity index (χ4n) is 3.34. The molecule has 0 heterocycles. The van der Waals surface area contributed by atoms with E-state index in [1.807, 2.05) is 7.05 Å². The molecule has 1 aromatic carbocycles. The molecule has 0 saturated heterocycles. The first-order valence-corrected chi connectivity index (χ1v) is 8.00. The molecule has 2 aliphatic rings. The van der Waals surface area contributed by atoms with Crippen molar-refractivity contribution in [1.29, 1.82) is 0 Å². The minimum atomic E-state index is 0. The highest BCUT2D eigenvalue weighted by Gasteiger charge is 2.38. The minimum absolute atomic E-state index is 0. The maximum absolute atomic E-state index is 4.37. The summed E-state index contributed by atoms with van der Waals surface area (Å²) < 4.78 is 0. The molecule has 1 aromatic rings. The number of halogens is 1. The Bertz CT molecular complexity index is 512. The smallest absolute Gasteiger partial charge is 0.191 e. The Morgan fingerprint density at radius 1 is 1.18 bits per heavy atom. The van der Waals surface area contributed by atoms with E-state index in [2.05, 4.69) is 58.1 Å². The van der Waals surface area contributed by atoms with Crippen LogP contribution < -0.4 is 10.6 Å². The van der Waals surface area contributed by atoms with Gasteiger partial charge in [-0.1, -0.05) is 48.9 Å². The number of hydrogen-bond donors (Lipinski definition) is 2. The molecule has 120 valence electrons. The monoisotopic (exact) mass is 411 g/mol. The average molecular weight is 411 g/mol. The molecule has 1 fully saturated rings. The van der Waals surface area contributed by atoms with Crippen molar-refractivity contribution < 1.29 is 0 Å². The molecule has 0 aliphatic heterocycles. The van der Waals surface area contributed by atoms with Gasteiger partial charge in [-0.15, -0.1) is 24.0 Å². The van der Waals surface area contributed by atoms with Gasteiger partial charge in [0.1, 0.15) is 0 Å². The first kappa shape index (κ1) is 17.3. The zero-order chi connectivity index (χ0) is 14.5. The summed E-state index contributed by atoms with van der Waals surface area (Å²) in [5, 5.41) is 7.06. The average Bonchev–Trinajstić information content (AvgIpc) is 2.99. The zero-order valence-electron chi connectivity index (χ0n) is 13.2. The van der Waals surface area contributed by atoms with E-state index in [4.69, 9.17) is 0 Å². The molecule has 2 N–H and O–H groups in total. The van der Waals surface area contributed by atoms with Gasteiger partial charge in [-0.25, -0.2) is 0 Å². The van der Waals surface area contributed by atoms with Crippen LogP contribution in [-0.2, 0) is 5.41 Å². The summed E-state index contributed by atoms with van der Waals surface area (Å²) in [5.41, 5.74) is 1.76. The van der Waals surface area contributed by atoms with Gasteiger partial charge < -0.3 is 10.6 Å². The van der Waals surface area contributed by atoms with Gasteiger partial charge in [0.15, 0.2) is 5.96 Å². The SMILES string of the molecule is CN=C(NCC1(c2ccccc2)CCC1)NC1CC=CC1.I. The molecule has 4 heteroatoms. The van der Waals surface area contributed by atoms with E-state index >= 15 is 0 Å². The van der Waals surface area contributed by atoms with Crippen molar-refractivity contribution in [3.63, 3.8) is 0 Å². The van der Waals surface area contributed by atoms with Gasteiger partial charge in [-0.05, 0) is 31.2 Å². The maximum atomic E-state index is 4.37. The number of benzene rings is 1. The van der Waals surface area contributed by atoms with Gasteiger partial charge in [-0.2, -0.15) is 0 Å². The molecule has 1 saturated carbocycles. The van der Waals surface area contributed by atoms with E-state index < -0.39 is 0 Å². The molecular weight excluding hydrogens is 385 g/mol. The van der Waals surface area contributed by atoms with Crippen molar-refractivity contribution in [3.8, 4) is 0 Å². The lowest BCUT2D eigenvalue weighted by Crippen LogP contribution is -2.50. The topological polar surface area (TPSA) is 36.4 Å². The lowest BCUT2D eigenvalue weighted by atomic mass is 9.64. The lowest BCUT2D eigenvalue weighted by Gasteiger charge is -2.43. The highest BCUT2D eigenvalue weighted by atomic mass is 127. The molecule has 0 amide bonds. The van der Waals surface area contributed by atoms with Gasteiger partial charge in [0, 0.05) is 25.0 Å². The predicted molar refractivity (Wildman–Crippen MR) is 104 cm³/mol. The standard InChI is InChI=1S/C18H25N3.HI/c1-19-17(21-16-10-5-6-11-16)20-14-18(12-7-13-18)15-8-3-2-4-9-15;/h2-6,8-9,16H,7,10-14H2,1H3,(H2,19,20,21);1H. The van der Waals surface area contributed by atoms with E-state index in [1.165, 1.54) is 24.8 Å². The fraction of sp³-hybridized carbons (Fsp3) is 0.500. The Morgan fingerprint density at radius 3 is 2.41 bits per heavy atom. The van der Waals surface area contributed by atoms with Crippen molar-refractivity contribution in [3.05, 3.63) is 48.0 Å². The van der Waals surface area contributed by atoms with Crippen molar-refractivity contribution in [2.24, 2.45) is 4.99 Å². The third-order valence-corrected chi connectivity index (χ3v) is 4.86. The number of hydrogen-bond acceptors (Lipinski definition) is 1. The Balaban J connectivity index is 0.00000176. The fourth-order valence-corrected chi connectivity index (χ4v) is 3.34. The van der Waals surface area contributed by atoms with Crippen molar-refractivity contribution in [2.75, 3.05) is 13.6 Å². The molecule has 0 radical (unpaired) electrons. The summed E-state index contributed by atoms with van der Waals surface area (Å²) in [6.07, 6.45) is 10.5. The quantitative estimate of drug-likeness (QED) is 0.344. The van der Waals surface area contributed by atoms with E-state index in [0.717, 1.165) is 25.3 Å². The highest BCUT2D eigenvalue weighted by molar-refractivity contribution is 14.0. The Morgan fingerprint density at radius 2 is 1.86 bits per heavy atom. The van der Waals surface area contributed by atoms with Crippen LogP contribution in [0.25, 0.3) is 0 Å². The van der Waals surface area contributed by atoms with Crippen molar-refractivity contribution >= 4 is 29.9 Å². The van der Waals surface area contributed by atoms with Gasteiger partial charge in [0.25, 0.3) is 0 Å². The van der Waals surface area contributed by atoms with Crippen molar-refractivity contribution in [2.45, 2.75) is 43.6 Å². The molecule has 0 bridgehead atoms. The number of rotatable bonds is 4. The third kappa shape index (κ3) is 3.83. The highest BCUT2D eigenvalue weighted by Crippen LogP contribution is 2.43. The molecular formula is C18H26IN3. The summed E-state index contributed by atoms with van der Waals surface area (Å²) >= 11 is 0. The Kier molecular flexibility index (Phi) is 6.29. The minimum Gasteiger partial charge on any atom is -0.356 e. The number of guanidine groups is 1. The molecule has 0 spiro atoms. The molecule has 3 nitrogen and oxygen atoms in total. The van der Waals surface area contributed by atoms with Crippen LogP contribution in [0.4, 0.5) is 0 Å². The van der Waals surface area contributed by atoms with Crippen LogP contribution in [0.2, 0.25) is 0 Å². The number of nitrogens with zero attached hydrogens (tertiary/aromatic N) is 1. The Hall–Kier alpha value is -1.04. The van der Waals surface area contributed by atoms with Crippen molar-refractivity contribution in [1.82, 2.24) is 10.6 Å². The van der Waals surface area contributed by atoms with Gasteiger partial charge in [0.05, 0.1) is 0 Å². The van der Waals surface area contributed by atoms with E-state index in [1.54, 1.807) is 0 Å². The largest absolute Gasteiger partial charge is 0.356 e. The summed E-state index contributed by atoms with van der Waals surface area (Å²) in [7, 11) is 1.85. The molecule has 0 unspecified atom stereocenters. The summed E-state index contributed by atoms with van der Waals surface area (Å²) in [5.74, 6) is 0.936. The first-order chi connectivity index (χ1) is 10.3. The van der Waals surface area contributed by atoms with E-state index in [-0.39, 0.29) is 24.0 Å². The van der Waals surface area contributed by atoms with Crippen LogP contribution in [-0.4, -0.2) is 25.6 Å². The predicted octanol–water partition coefficient (Wildman–Crippen LogP) is 3.61. The van der Waals surface area contributed by atoms with Gasteiger partial charge >= 0.3 is 0 Å². The van der Waals surface area contributed by atoms with Gasteiger partial charge in [0.2, 0.25) is 0 Å². The van der Waals surface area contributed by atoms with Crippen LogP contribution >= 0.6 is 24.0 Å². The van der Waals surface area contributed by atoms with Crippen LogP contribution in [0.3, 0.4) is 0 Å². The van der Waals surface area contributed by atoms with Crippen LogP contribution in [0.1, 0.15) is 37.7 Å². The first-order valence-electron chi connectivity index (χ1n) is 8.00. The molecule has 3 rings (SSSR count). The second-order valence-corrected chi connectivity index (χ2v) is 6.21. The van der Waals surface area contributed by atoms with Crippen LogP contribution in [0.15, 0.2) is 47.5 Å². The van der Waals surface area contributed by atoms with E-state index in [0.29, 0.717) is 11.5 Å². The molecule has 2 aliphatic carbocycles. The second kappa shape index (κ2) is 7.99. The van der Waals surface area contributed by atoms with Crippen LogP contribution in [0.5, 0.6) is 0 Å². The number of nitrogens with one attached hydrogen (secondary N) is 2. The third-order valence-electron chi connectivity index (χ3n) is 4.86. The zero-order valence-corrected chi connectivity index (χ0v) is 15.5. The van der Waals surface area contributed by atoms with Gasteiger partial charge in [-0.3, -0.25) is 4.99 Å². The van der Waals surface area contributed by atoms with Crippen LogP contribution in [0, 0.1) is 0 Å². The second-order valence-electron chi connectivity index (χ2n) is 6.21. The lowest BCUT2D eigenvalue weighted by molar-refractivity contribution is 0.243. The molecule has 0 atom stereocenters. The summed E-state index contributed by atoms with van der Waals surface area (Å²) in [4.78, 5) is 4.37. The van der Waals surface area contributed by atoms with E-state index in [9.17, 15) is 0 Å². The normalized spacial score (nSPS) is 20.1. The number of aliphatic imine (C=N–C) groups is 1. The molecule has 0 aromatic heterocycles.